The molecule has 0 saturated heterocycles. The number of carbonyl (C=O) groups is 1. The molecule has 9 heteroatoms. The number of benzene rings is 2. The van der Waals surface area contributed by atoms with Gasteiger partial charge in [-0.3, -0.25) is 0 Å². The predicted molar refractivity (Wildman–Crippen MR) is 132 cm³/mol. The maximum Gasteiger partial charge on any atom is 0.410 e. The first kappa shape index (κ1) is 26.0. The molecule has 2 aromatic rings. The third-order valence-electron chi connectivity index (χ3n) is 6.45. The van der Waals surface area contributed by atoms with Crippen LogP contribution in [-0.4, -0.2) is 61.1 Å². The average Bonchev–Trinajstić information content (AvgIpc) is 3.02. The van der Waals surface area contributed by atoms with Crippen molar-refractivity contribution in [3.05, 3.63) is 52.1 Å². The summed E-state index contributed by atoms with van der Waals surface area (Å²) in [4.78, 5) is 16.5. The molecule has 2 aliphatic heterocycles. The highest BCUT2D eigenvalue weighted by atomic mass is 19.1. The van der Waals surface area contributed by atoms with E-state index in [4.69, 9.17) is 19.3 Å². The van der Waals surface area contributed by atoms with Crippen molar-refractivity contribution in [2.45, 2.75) is 52.7 Å². The summed E-state index contributed by atoms with van der Waals surface area (Å²) in [6, 6.07) is 4.20. The van der Waals surface area contributed by atoms with E-state index in [2.05, 4.69) is 17.9 Å². The zero-order valence-electron chi connectivity index (χ0n) is 21.3. The minimum atomic E-state index is -0.836. The van der Waals surface area contributed by atoms with Gasteiger partial charge in [-0.15, -0.1) is 0 Å². The van der Waals surface area contributed by atoms with Crippen molar-refractivity contribution >= 4 is 11.8 Å². The van der Waals surface area contributed by atoms with Crippen molar-refractivity contribution in [1.82, 2.24) is 4.90 Å². The highest BCUT2D eigenvalue weighted by Crippen LogP contribution is 2.40. The van der Waals surface area contributed by atoms with Gasteiger partial charge in [0.1, 0.15) is 24.6 Å². The summed E-state index contributed by atoms with van der Waals surface area (Å²) in [6.45, 7) is 9.92. The number of hydrogen-bond acceptors (Lipinski definition) is 6. The zero-order valence-corrected chi connectivity index (χ0v) is 21.3. The lowest BCUT2D eigenvalue weighted by Gasteiger charge is -2.34. The van der Waals surface area contributed by atoms with Crippen LogP contribution in [0.15, 0.2) is 18.2 Å². The zero-order chi connectivity index (χ0) is 26.0. The summed E-state index contributed by atoms with van der Waals surface area (Å²) in [6.07, 6.45) is 1.10. The van der Waals surface area contributed by atoms with E-state index in [1.807, 2.05) is 20.8 Å². The fraction of sp³-hybridized carbons (Fsp3) is 0.519. The van der Waals surface area contributed by atoms with Gasteiger partial charge in [-0.2, -0.15) is 0 Å². The maximum atomic E-state index is 14.2. The number of anilines is 1. The van der Waals surface area contributed by atoms with Crippen LogP contribution in [0.3, 0.4) is 0 Å². The first-order valence-corrected chi connectivity index (χ1v) is 12.3. The molecule has 0 aromatic heterocycles. The van der Waals surface area contributed by atoms with Gasteiger partial charge < -0.3 is 29.1 Å². The predicted octanol–water partition coefficient (Wildman–Crippen LogP) is 4.38. The Morgan fingerprint density at radius 1 is 1.11 bits per heavy atom. The van der Waals surface area contributed by atoms with Gasteiger partial charge >= 0.3 is 6.09 Å². The third-order valence-corrected chi connectivity index (χ3v) is 6.45. The number of amides is 1. The number of aliphatic hydroxyl groups is 1. The lowest BCUT2D eigenvalue weighted by atomic mass is 9.94. The van der Waals surface area contributed by atoms with E-state index < -0.39 is 29.6 Å². The van der Waals surface area contributed by atoms with Gasteiger partial charge in [-0.1, -0.05) is 0 Å². The van der Waals surface area contributed by atoms with E-state index in [-0.39, 0.29) is 18.3 Å². The first-order chi connectivity index (χ1) is 17.1. The maximum absolute atomic E-state index is 14.2. The monoisotopic (exact) mass is 504 g/mol. The molecular formula is C27H34F2N2O5. The second-order valence-electron chi connectivity index (χ2n) is 10.2. The quantitative estimate of drug-likeness (QED) is 0.652. The molecule has 0 radical (unpaired) electrons. The second-order valence-corrected chi connectivity index (χ2v) is 10.2. The van der Waals surface area contributed by atoms with Crippen molar-refractivity contribution in [3.8, 4) is 11.5 Å². The summed E-state index contributed by atoms with van der Waals surface area (Å²) in [5, 5.41) is 9.11. The molecule has 0 unspecified atom stereocenters. The van der Waals surface area contributed by atoms with Gasteiger partial charge in [0.05, 0.1) is 25.4 Å². The number of ether oxygens (including phenoxy) is 3. The largest absolute Gasteiger partial charge is 0.490 e. The fourth-order valence-electron chi connectivity index (χ4n) is 4.78. The molecule has 0 saturated carbocycles. The summed E-state index contributed by atoms with van der Waals surface area (Å²) in [5.41, 5.74) is 3.98. The summed E-state index contributed by atoms with van der Waals surface area (Å²) in [7, 11) is 0. The molecule has 0 bridgehead atoms. The van der Waals surface area contributed by atoms with Gasteiger partial charge in [0.2, 0.25) is 0 Å². The lowest BCUT2D eigenvalue weighted by molar-refractivity contribution is 0.0258. The number of nitrogens with zero attached hydrogens (tertiary/aromatic N) is 2. The highest BCUT2D eigenvalue weighted by molar-refractivity contribution is 5.71. The number of aliphatic hydroxyl groups excluding tert-OH is 1. The number of halogens is 2. The average molecular weight is 505 g/mol. The molecule has 0 atom stereocenters. The van der Waals surface area contributed by atoms with E-state index in [0.717, 1.165) is 34.7 Å². The molecule has 2 heterocycles. The Morgan fingerprint density at radius 2 is 1.81 bits per heavy atom. The van der Waals surface area contributed by atoms with Crippen LogP contribution in [0.5, 0.6) is 11.5 Å². The number of hydrogen-bond donors (Lipinski definition) is 1. The lowest BCUT2D eigenvalue weighted by Crippen LogP contribution is -2.38. The van der Waals surface area contributed by atoms with E-state index in [0.29, 0.717) is 45.6 Å². The van der Waals surface area contributed by atoms with Crippen LogP contribution in [-0.2, 0) is 24.2 Å². The number of carbonyl (C=O) groups excluding carboxylic acids is 1. The molecule has 1 amide bonds. The molecular weight excluding hydrogens is 470 g/mol. The molecule has 4 rings (SSSR count). The van der Waals surface area contributed by atoms with Crippen LogP contribution < -0.4 is 14.4 Å². The minimum Gasteiger partial charge on any atom is -0.490 e. The number of fused-ring (bicyclic) bond motifs is 2. The highest BCUT2D eigenvalue weighted by Gasteiger charge is 2.29. The molecule has 0 aliphatic carbocycles. The van der Waals surface area contributed by atoms with Crippen LogP contribution in [0.2, 0.25) is 0 Å². The van der Waals surface area contributed by atoms with Crippen molar-refractivity contribution < 1.29 is 32.9 Å². The van der Waals surface area contributed by atoms with Gasteiger partial charge in [-0.05, 0) is 81.0 Å². The minimum absolute atomic E-state index is 0.0781. The van der Waals surface area contributed by atoms with Crippen molar-refractivity contribution in [3.63, 3.8) is 0 Å². The molecule has 7 nitrogen and oxygen atoms in total. The number of rotatable bonds is 5. The van der Waals surface area contributed by atoms with E-state index >= 15 is 0 Å². The Bertz CT molecular complexity index is 1110. The molecule has 0 spiro atoms. The Kier molecular flexibility index (Phi) is 7.59. The fourth-order valence-corrected chi connectivity index (χ4v) is 4.78. The Morgan fingerprint density at radius 3 is 2.47 bits per heavy atom. The first-order valence-electron chi connectivity index (χ1n) is 12.3. The van der Waals surface area contributed by atoms with Gasteiger partial charge in [0.15, 0.2) is 17.4 Å². The molecule has 2 aliphatic rings. The third kappa shape index (κ3) is 5.67. The van der Waals surface area contributed by atoms with Crippen LogP contribution in [0.4, 0.5) is 19.3 Å². The van der Waals surface area contributed by atoms with Crippen LogP contribution in [0.25, 0.3) is 0 Å². The molecule has 196 valence electrons. The van der Waals surface area contributed by atoms with Crippen molar-refractivity contribution in [1.29, 1.82) is 0 Å². The van der Waals surface area contributed by atoms with E-state index in [9.17, 15) is 13.6 Å². The van der Waals surface area contributed by atoms with Crippen LogP contribution in [0, 0.1) is 18.6 Å². The molecule has 0 fully saturated rings. The van der Waals surface area contributed by atoms with Gasteiger partial charge in [0.25, 0.3) is 0 Å². The van der Waals surface area contributed by atoms with Gasteiger partial charge in [0, 0.05) is 13.1 Å². The Balaban J connectivity index is 1.48. The standard InChI is InChI=1S/C27H34F2N2O5/c1-17-20-6-8-31(26(33)36-27(2,3)4)7-5-19(20)15-23-24(17)30(9-11-34-23)10-12-35-25-21(28)13-18(16-32)14-22(25)29/h13-15,32H,5-12,16H2,1-4H3. The Hall–Kier alpha value is -3.07. The summed E-state index contributed by atoms with van der Waals surface area (Å²) < 4.78 is 45.5. The van der Waals surface area contributed by atoms with E-state index in [1.165, 1.54) is 5.56 Å². The molecule has 2 aromatic carbocycles. The SMILES string of the molecule is Cc1c2c(cc3c1N(CCOc1c(F)cc(CO)cc1F)CCO3)CCN(C(=O)OC(C)(C)C)CC2. The Labute approximate surface area is 210 Å². The van der Waals surface area contributed by atoms with Crippen molar-refractivity contribution in [2.75, 3.05) is 44.3 Å². The van der Waals surface area contributed by atoms with Gasteiger partial charge in [-0.25, -0.2) is 13.6 Å². The molecule has 36 heavy (non-hydrogen) atoms. The molecule has 1 N–H and O–H groups in total. The topological polar surface area (TPSA) is 71.5 Å². The second kappa shape index (κ2) is 10.5. The van der Waals surface area contributed by atoms with Crippen LogP contribution >= 0.6 is 0 Å². The van der Waals surface area contributed by atoms with Crippen LogP contribution in [0.1, 0.15) is 43.0 Å². The normalized spacial score (nSPS) is 15.5. The van der Waals surface area contributed by atoms with Crippen molar-refractivity contribution in [2.24, 2.45) is 0 Å². The smallest absolute Gasteiger partial charge is 0.410 e. The summed E-state index contributed by atoms with van der Waals surface area (Å²) in [5.74, 6) is -1.34. The summed E-state index contributed by atoms with van der Waals surface area (Å²) >= 11 is 0. The van der Waals surface area contributed by atoms with E-state index in [1.54, 1.807) is 4.90 Å².